The van der Waals surface area contributed by atoms with Crippen LogP contribution >= 0.6 is 0 Å². The van der Waals surface area contributed by atoms with Gasteiger partial charge in [0.1, 0.15) is 0 Å². The predicted octanol–water partition coefficient (Wildman–Crippen LogP) is 2.44. The molecule has 2 N–H and O–H groups in total. The van der Waals surface area contributed by atoms with Crippen molar-refractivity contribution in [3.63, 3.8) is 0 Å². The molecular weight excluding hydrogens is 253 g/mol. The zero-order valence-corrected chi connectivity index (χ0v) is 7.79. The van der Waals surface area contributed by atoms with E-state index in [4.69, 9.17) is 10.2 Å². The third kappa shape index (κ3) is 2.43. The number of aromatic nitrogens is 1. The van der Waals surface area contributed by atoms with Gasteiger partial charge in [-0.2, -0.15) is 13.2 Å². The average Bonchev–Trinajstić information content (AvgIpc) is 2.13. The molecule has 0 amide bonds. The van der Waals surface area contributed by atoms with Crippen LogP contribution in [0.1, 0.15) is 28.0 Å². The Labute approximate surface area is 90.3 Å². The van der Waals surface area contributed by atoms with Gasteiger partial charge in [0, 0.05) is 6.20 Å². The van der Waals surface area contributed by atoms with Crippen LogP contribution in [0.25, 0.3) is 0 Å². The fourth-order valence-corrected chi connectivity index (χ4v) is 1.11. The number of rotatable bonds is 2. The van der Waals surface area contributed by atoms with Gasteiger partial charge >= 0.3 is 12.1 Å². The first kappa shape index (κ1) is 13.1. The van der Waals surface area contributed by atoms with Gasteiger partial charge in [-0.05, 0) is 0 Å². The highest BCUT2D eigenvalue weighted by molar-refractivity contribution is 5.90. The van der Waals surface area contributed by atoms with Crippen molar-refractivity contribution in [3.05, 3.63) is 23.0 Å². The number of hydrogen-bond acceptors (Lipinski definition) is 3. The number of carbonyl (C=O) groups is 1. The zero-order chi connectivity index (χ0) is 13.4. The minimum absolute atomic E-state index is 0.131. The Morgan fingerprint density at radius 3 is 2.24 bits per heavy atom. The quantitative estimate of drug-likeness (QED) is 0.798. The summed E-state index contributed by atoms with van der Waals surface area (Å²) >= 11 is 0. The van der Waals surface area contributed by atoms with Gasteiger partial charge in [-0.15, -0.1) is 0 Å². The molecule has 0 aliphatic heterocycles. The summed E-state index contributed by atoms with van der Waals surface area (Å²) in [5, 5.41) is 17.5. The summed E-state index contributed by atoms with van der Waals surface area (Å²) < 4.78 is 61.4. The molecule has 1 heterocycles. The van der Waals surface area contributed by atoms with E-state index in [0.29, 0.717) is 0 Å². The van der Waals surface area contributed by atoms with Gasteiger partial charge in [0.05, 0.1) is 11.1 Å². The molecule has 4 nitrogen and oxygen atoms in total. The first-order valence-corrected chi connectivity index (χ1v) is 3.96. The summed E-state index contributed by atoms with van der Waals surface area (Å²) in [5.74, 6) is -3.77. The average molecular weight is 257 g/mol. The second-order valence-corrected chi connectivity index (χ2v) is 2.89. The first-order valence-electron chi connectivity index (χ1n) is 3.96. The SMILES string of the molecule is O=C(O)c1cnc(C(F)(F)F)c(O)c1C(F)F. The number of halogens is 5. The monoisotopic (exact) mass is 257 g/mol. The molecule has 0 radical (unpaired) electrons. The fraction of sp³-hybridized carbons (Fsp3) is 0.250. The van der Waals surface area contributed by atoms with Crippen molar-refractivity contribution in [2.24, 2.45) is 0 Å². The van der Waals surface area contributed by atoms with Crippen LogP contribution in [0.2, 0.25) is 0 Å². The van der Waals surface area contributed by atoms with Crippen molar-refractivity contribution < 1.29 is 37.0 Å². The standard InChI is InChI=1S/C8H4F5NO3/c9-6(10)3-2(7(16)17)1-14-5(4(3)15)8(11,12)13/h1,6,15H,(H,16,17). The summed E-state index contributed by atoms with van der Waals surface area (Å²) in [6, 6.07) is 0. The molecule has 0 aliphatic rings. The van der Waals surface area contributed by atoms with E-state index in [9.17, 15) is 26.7 Å². The minimum atomic E-state index is -5.15. The molecule has 0 atom stereocenters. The van der Waals surface area contributed by atoms with E-state index in [2.05, 4.69) is 4.98 Å². The molecule has 1 aromatic heterocycles. The predicted molar refractivity (Wildman–Crippen MR) is 42.8 cm³/mol. The topological polar surface area (TPSA) is 70.4 Å². The van der Waals surface area contributed by atoms with Crippen molar-refractivity contribution in [1.29, 1.82) is 0 Å². The highest BCUT2D eigenvalue weighted by atomic mass is 19.4. The Morgan fingerprint density at radius 2 is 1.88 bits per heavy atom. The van der Waals surface area contributed by atoms with Gasteiger partial charge in [0.25, 0.3) is 6.43 Å². The summed E-state index contributed by atoms with van der Waals surface area (Å²) in [6.07, 6.45) is -8.58. The summed E-state index contributed by atoms with van der Waals surface area (Å²) in [6.45, 7) is 0. The summed E-state index contributed by atoms with van der Waals surface area (Å²) in [4.78, 5) is 13.1. The molecule has 0 fully saturated rings. The molecule has 94 valence electrons. The lowest BCUT2D eigenvalue weighted by Crippen LogP contribution is -2.13. The van der Waals surface area contributed by atoms with E-state index in [1.54, 1.807) is 0 Å². The molecule has 0 aliphatic carbocycles. The Kier molecular flexibility index (Phi) is 3.21. The maximum atomic E-state index is 12.4. The molecule has 0 aromatic carbocycles. The van der Waals surface area contributed by atoms with E-state index < -0.39 is 41.1 Å². The van der Waals surface area contributed by atoms with E-state index in [0.717, 1.165) is 0 Å². The van der Waals surface area contributed by atoms with Crippen molar-refractivity contribution in [2.45, 2.75) is 12.6 Å². The van der Waals surface area contributed by atoms with Crippen LogP contribution in [0.5, 0.6) is 5.75 Å². The third-order valence-corrected chi connectivity index (χ3v) is 1.81. The number of aromatic hydroxyl groups is 1. The molecule has 0 saturated carbocycles. The fourth-order valence-electron chi connectivity index (χ4n) is 1.11. The lowest BCUT2D eigenvalue weighted by Gasteiger charge is -2.12. The molecule has 0 spiro atoms. The lowest BCUT2D eigenvalue weighted by atomic mass is 10.1. The molecular formula is C8H4F5NO3. The number of carboxylic acids is 1. The lowest BCUT2D eigenvalue weighted by molar-refractivity contribution is -0.142. The van der Waals surface area contributed by atoms with Gasteiger partial charge in [0.15, 0.2) is 11.4 Å². The van der Waals surface area contributed by atoms with Crippen LogP contribution in [0, 0.1) is 0 Å². The van der Waals surface area contributed by atoms with Crippen molar-refractivity contribution in [2.75, 3.05) is 0 Å². The van der Waals surface area contributed by atoms with Crippen LogP contribution in [-0.2, 0) is 6.18 Å². The number of carboxylic acid groups (broad SMARTS) is 1. The van der Waals surface area contributed by atoms with Gasteiger partial charge < -0.3 is 10.2 Å². The second kappa shape index (κ2) is 4.15. The van der Waals surface area contributed by atoms with E-state index in [1.165, 1.54) is 0 Å². The molecule has 9 heteroatoms. The zero-order valence-electron chi connectivity index (χ0n) is 7.79. The number of pyridine rings is 1. The maximum Gasteiger partial charge on any atom is 0.437 e. The van der Waals surface area contributed by atoms with E-state index in [-0.39, 0.29) is 6.20 Å². The summed E-state index contributed by atoms with van der Waals surface area (Å²) in [5.41, 5.74) is -4.72. The second-order valence-electron chi connectivity index (χ2n) is 2.89. The minimum Gasteiger partial charge on any atom is -0.505 e. The highest BCUT2D eigenvalue weighted by Gasteiger charge is 2.39. The number of nitrogens with zero attached hydrogens (tertiary/aromatic N) is 1. The molecule has 1 rings (SSSR count). The molecule has 1 aromatic rings. The molecule has 17 heavy (non-hydrogen) atoms. The van der Waals surface area contributed by atoms with Crippen LogP contribution in [-0.4, -0.2) is 21.2 Å². The Balaban J connectivity index is 3.55. The summed E-state index contributed by atoms with van der Waals surface area (Å²) in [7, 11) is 0. The molecule has 0 bridgehead atoms. The number of aromatic carboxylic acids is 1. The Bertz CT molecular complexity index is 457. The van der Waals surface area contributed by atoms with Gasteiger partial charge in [-0.3, -0.25) is 0 Å². The van der Waals surface area contributed by atoms with Crippen molar-refractivity contribution in [1.82, 2.24) is 4.98 Å². The maximum absolute atomic E-state index is 12.4. The van der Waals surface area contributed by atoms with Gasteiger partial charge in [0.2, 0.25) is 0 Å². The highest BCUT2D eigenvalue weighted by Crippen LogP contribution is 2.40. The van der Waals surface area contributed by atoms with Gasteiger partial charge in [-0.1, -0.05) is 0 Å². The van der Waals surface area contributed by atoms with Crippen LogP contribution in [0.3, 0.4) is 0 Å². The molecule has 0 unspecified atom stereocenters. The van der Waals surface area contributed by atoms with Crippen LogP contribution < -0.4 is 0 Å². The normalized spacial score (nSPS) is 11.9. The third-order valence-electron chi connectivity index (χ3n) is 1.81. The van der Waals surface area contributed by atoms with E-state index >= 15 is 0 Å². The van der Waals surface area contributed by atoms with Crippen molar-refractivity contribution in [3.8, 4) is 5.75 Å². The largest absolute Gasteiger partial charge is 0.505 e. The van der Waals surface area contributed by atoms with Crippen molar-refractivity contribution >= 4 is 5.97 Å². The Hall–Kier alpha value is -1.93. The smallest absolute Gasteiger partial charge is 0.437 e. The van der Waals surface area contributed by atoms with E-state index in [1.807, 2.05) is 0 Å². The molecule has 0 saturated heterocycles. The van der Waals surface area contributed by atoms with Crippen LogP contribution in [0.15, 0.2) is 6.20 Å². The van der Waals surface area contributed by atoms with Crippen LogP contribution in [0.4, 0.5) is 22.0 Å². The number of alkyl halides is 5. The van der Waals surface area contributed by atoms with Gasteiger partial charge in [-0.25, -0.2) is 18.6 Å². The Morgan fingerprint density at radius 1 is 1.35 bits per heavy atom. The first-order chi connectivity index (χ1) is 7.66. The number of hydrogen-bond donors (Lipinski definition) is 2.